The first kappa shape index (κ1) is 19.2. The predicted octanol–water partition coefficient (Wildman–Crippen LogP) is 3.78. The van der Waals surface area contributed by atoms with Gasteiger partial charge in [0.15, 0.2) is 0 Å². The molecule has 0 saturated carbocycles. The lowest BCUT2D eigenvalue weighted by Gasteiger charge is -2.35. The molecule has 2 aliphatic rings. The Balaban J connectivity index is 1.38. The SMILES string of the molecule is N#Cc1cccnc1N1CCN(C(=O)c2ccc(C3SCCCS3)cc2)CC1. The molecule has 0 aliphatic carbocycles. The molecule has 0 atom stereocenters. The third kappa shape index (κ3) is 4.13. The van der Waals surface area contributed by atoms with Crippen molar-refractivity contribution in [2.45, 2.75) is 11.0 Å². The molecule has 3 heterocycles. The molecule has 1 aromatic carbocycles. The fraction of sp³-hybridized carbons (Fsp3) is 0.381. The highest BCUT2D eigenvalue weighted by molar-refractivity contribution is 8.16. The quantitative estimate of drug-likeness (QED) is 0.767. The minimum absolute atomic E-state index is 0.0803. The molecule has 2 aromatic rings. The molecule has 0 spiro atoms. The van der Waals surface area contributed by atoms with Gasteiger partial charge in [0.1, 0.15) is 11.9 Å². The molecular formula is C21H22N4OS2. The van der Waals surface area contributed by atoms with Gasteiger partial charge in [-0.05, 0) is 47.8 Å². The second kappa shape index (κ2) is 8.89. The number of aromatic nitrogens is 1. The summed E-state index contributed by atoms with van der Waals surface area (Å²) < 4.78 is 0.495. The van der Waals surface area contributed by atoms with Crippen molar-refractivity contribution in [2.24, 2.45) is 0 Å². The maximum absolute atomic E-state index is 12.9. The van der Waals surface area contributed by atoms with Gasteiger partial charge in [-0.3, -0.25) is 4.79 Å². The van der Waals surface area contributed by atoms with Crippen molar-refractivity contribution in [1.29, 1.82) is 5.26 Å². The van der Waals surface area contributed by atoms with E-state index >= 15 is 0 Å². The zero-order valence-electron chi connectivity index (χ0n) is 15.6. The summed E-state index contributed by atoms with van der Waals surface area (Å²) in [6.07, 6.45) is 2.99. The van der Waals surface area contributed by atoms with E-state index in [9.17, 15) is 10.1 Å². The van der Waals surface area contributed by atoms with Crippen molar-refractivity contribution in [1.82, 2.24) is 9.88 Å². The number of rotatable bonds is 3. The number of carbonyl (C=O) groups is 1. The summed E-state index contributed by atoms with van der Waals surface area (Å²) >= 11 is 3.99. The topological polar surface area (TPSA) is 60.2 Å². The Morgan fingerprint density at radius 1 is 1.07 bits per heavy atom. The Morgan fingerprint density at radius 2 is 1.79 bits per heavy atom. The smallest absolute Gasteiger partial charge is 0.253 e. The van der Waals surface area contributed by atoms with Crippen molar-refractivity contribution in [2.75, 3.05) is 42.6 Å². The van der Waals surface area contributed by atoms with Gasteiger partial charge >= 0.3 is 0 Å². The summed E-state index contributed by atoms with van der Waals surface area (Å²) in [4.78, 5) is 21.2. The van der Waals surface area contributed by atoms with Gasteiger partial charge in [0, 0.05) is 37.9 Å². The monoisotopic (exact) mass is 410 g/mol. The Kier molecular flexibility index (Phi) is 6.08. The van der Waals surface area contributed by atoms with Crippen molar-refractivity contribution >= 4 is 35.2 Å². The van der Waals surface area contributed by atoms with Crippen LogP contribution in [-0.4, -0.2) is 53.5 Å². The number of hydrogen-bond donors (Lipinski definition) is 0. The minimum atomic E-state index is 0.0803. The lowest BCUT2D eigenvalue weighted by molar-refractivity contribution is 0.0746. The number of pyridine rings is 1. The van der Waals surface area contributed by atoms with Crippen LogP contribution >= 0.6 is 23.5 Å². The highest BCUT2D eigenvalue weighted by Gasteiger charge is 2.24. The number of anilines is 1. The molecule has 1 amide bonds. The van der Waals surface area contributed by atoms with Gasteiger partial charge in [0.25, 0.3) is 5.91 Å². The van der Waals surface area contributed by atoms with Crippen LogP contribution in [0.2, 0.25) is 0 Å². The molecule has 0 bridgehead atoms. The highest BCUT2D eigenvalue weighted by atomic mass is 32.2. The zero-order valence-corrected chi connectivity index (χ0v) is 17.2. The second-order valence-electron chi connectivity index (χ2n) is 6.81. The van der Waals surface area contributed by atoms with E-state index in [1.165, 1.54) is 23.5 Å². The number of piperazine rings is 1. The van der Waals surface area contributed by atoms with Gasteiger partial charge in [0.05, 0.1) is 10.1 Å². The van der Waals surface area contributed by atoms with E-state index < -0.39 is 0 Å². The largest absolute Gasteiger partial charge is 0.352 e. The first-order valence-electron chi connectivity index (χ1n) is 9.49. The van der Waals surface area contributed by atoms with E-state index in [1.54, 1.807) is 18.3 Å². The van der Waals surface area contributed by atoms with Crippen LogP contribution in [-0.2, 0) is 0 Å². The van der Waals surface area contributed by atoms with Gasteiger partial charge in [-0.25, -0.2) is 4.98 Å². The van der Waals surface area contributed by atoms with Crippen molar-refractivity contribution in [3.8, 4) is 6.07 Å². The number of hydrogen-bond acceptors (Lipinski definition) is 6. The Labute approximate surface area is 174 Å². The van der Waals surface area contributed by atoms with Gasteiger partial charge in [0.2, 0.25) is 0 Å². The zero-order chi connectivity index (χ0) is 19.3. The summed E-state index contributed by atoms with van der Waals surface area (Å²) in [5, 5.41) is 9.27. The van der Waals surface area contributed by atoms with Gasteiger partial charge in [-0.15, -0.1) is 23.5 Å². The van der Waals surface area contributed by atoms with Crippen molar-refractivity contribution in [3.05, 3.63) is 59.3 Å². The van der Waals surface area contributed by atoms with Crippen LogP contribution in [0.15, 0.2) is 42.6 Å². The van der Waals surface area contributed by atoms with Crippen LogP contribution in [0.5, 0.6) is 0 Å². The maximum atomic E-state index is 12.9. The second-order valence-corrected chi connectivity index (χ2v) is 9.54. The van der Waals surface area contributed by atoms with Crippen LogP contribution < -0.4 is 4.90 Å². The molecule has 0 N–H and O–H groups in total. The molecule has 7 heteroatoms. The molecule has 5 nitrogen and oxygen atoms in total. The molecule has 0 radical (unpaired) electrons. The lowest BCUT2D eigenvalue weighted by atomic mass is 10.1. The molecule has 4 rings (SSSR count). The third-order valence-electron chi connectivity index (χ3n) is 5.03. The maximum Gasteiger partial charge on any atom is 0.253 e. The molecule has 28 heavy (non-hydrogen) atoms. The van der Waals surface area contributed by atoms with Crippen LogP contribution in [0.3, 0.4) is 0 Å². The summed E-state index contributed by atoms with van der Waals surface area (Å²) in [5.41, 5.74) is 2.63. The van der Waals surface area contributed by atoms with Crippen LogP contribution in [0.4, 0.5) is 5.82 Å². The van der Waals surface area contributed by atoms with Gasteiger partial charge in [-0.1, -0.05) is 12.1 Å². The Bertz CT molecular complexity index is 867. The van der Waals surface area contributed by atoms with Crippen LogP contribution in [0.1, 0.15) is 32.5 Å². The number of thioether (sulfide) groups is 2. The third-order valence-corrected chi connectivity index (χ3v) is 8.05. The van der Waals surface area contributed by atoms with Crippen LogP contribution in [0.25, 0.3) is 0 Å². The average Bonchev–Trinajstić information content (AvgIpc) is 2.79. The minimum Gasteiger partial charge on any atom is -0.352 e. The van der Waals surface area contributed by atoms with Crippen molar-refractivity contribution in [3.63, 3.8) is 0 Å². The van der Waals surface area contributed by atoms with Gasteiger partial charge < -0.3 is 9.80 Å². The first-order chi connectivity index (χ1) is 13.8. The highest BCUT2D eigenvalue weighted by Crippen LogP contribution is 2.43. The molecule has 0 unspecified atom stereocenters. The van der Waals surface area contributed by atoms with Crippen molar-refractivity contribution < 1.29 is 4.79 Å². The van der Waals surface area contributed by atoms with E-state index in [0.717, 1.165) is 5.56 Å². The van der Waals surface area contributed by atoms with E-state index in [1.807, 2.05) is 40.6 Å². The molecule has 2 saturated heterocycles. The fourth-order valence-corrected chi connectivity index (χ4v) is 6.40. The van der Waals surface area contributed by atoms with E-state index in [4.69, 9.17) is 0 Å². The Morgan fingerprint density at radius 3 is 2.46 bits per heavy atom. The predicted molar refractivity (Wildman–Crippen MR) is 116 cm³/mol. The Hall–Kier alpha value is -2.17. The van der Waals surface area contributed by atoms with Gasteiger partial charge in [-0.2, -0.15) is 5.26 Å². The molecule has 144 valence electrons. The molecular weight excluding hydrogens is 388 g/mol. The molecule has 2 aliphatic heterocycles. The van der Waals surface area contributed by atoms with E-state index in [-0.39, 0.29) is 5.91 Å². The lowest BCUT2D eigenvalue weighted by Crippen LogP contribution is -2.49. The number of benzene rings is 1. The number of nitrogens with zero attached hydrogens (tertiary/aromatic N) is 4. The number of carbonyl (C=O) groups excluding carboxylic acids is 1. The number of nitriles is 1. The van der Waals surface area contributed by atoms with E-state index in [2.05, 4.69) is 28.1 Å². The summed E-state index contributed by atoms with van der Waals surface area (Å²) in [7, 11) is 0. The standard InChI is InChI=1S/C21H22N4OS2/c22-15-18-3-1-8-23-19(18)24-9-11-25(12-10-24)20(26)16-4-6-17(7-5-16)21-27-13-2-14-28-21/h1,3-8,21H,2,9-14H2. The van der Waals surface area contributed by atoms with E-state index in [0.29, 0.717) is 42.1 Å². The summed E-state index contributed by atoms with van der Waals surface area (Å²) in [5.74, 6) is 3.22. The van der Waals surface area contributed by atoms with Crippen LogP contribution in [0, 0.1) is 11.3 Å². The normalized spacial score (nSPS) is 18.0. The summed E-state index contributed by atoms with van der Waals surface area (Å²) in [6.45, 7) is 2.64. The first-order valence-corrected chi connectivity index (χ1v) is 11.6. The fourth-order valence-electron chi connectivity index (χ4n) is 3.50. The summed E-state index contributed by atoms with van der Waals surface area (Å²) in [6, 6.07) is 13.9. The number of amides is 1. The molecule has 2 fully saturated rings. The molecule has 1 aromatic heterocycles. The average molecular weight is 411 g/mol.